The molecule has 0 saturated heterocycles. The molecule has 2 aromatic rings. The van der Waals surface area contributed by atoms with Gasteiger partial charge in [-0.05, 0) is 36.2 Å². The smallest absolute Gasteiger partial charge is 0.233 e. The van der Waals surface area contributed by atoms with Crippen molar-refractivity contribution in [2.24, 2.45) is 0 Å². The molecule has 0 amide bonds. The number of hydrogen-bond acceptors (Lipinski definition) is 6. The highest BCUT2D eigenvalue weighted by Gasteiger charge is 2.08. The summed E-state index contributed by atoms with van der Waals surface area (Å²) in [6.45, 7) is 2.70. The zero-order valence-electron chi connectivity index (χ0n) is 11.2. The second-order valence-corrected chi connectivity index (χ2v) is 4.44. The van der Waals surface area contributed by atoms with Crippen LogP contribution in [0.1, 0.15) is 18.9 Å². The molecule has 0 bridgehead atoms. The van der Waals surface area contributed by atoms with Crippen LogP contribution in [-0.4, -0.2) is 21.5 Å². The molecule has 0 unspecified atom stereocenters. The Morgan fingerprint density at radius 1 is 1.29 bits per heavy atom. The molecular formula is C13H12ClFN6. The lowest BCUT2D eigenvalue weighted by Gasteiger charge is -2.09. The molecule has 0 atom stereocenters. The monoisotopic (exact) mass is 306 g/mol. The van der Waals surface area contributed by atoms with Crippen molar-refractivity contribution in [3.8, 4) is 6.07 Å². The molecule has 0 aliphatic rings. The van der Waals surface area contributed by atoms with Crippen molar-refractivity contribution in [2.45, 2.75) is 13.3 Å². The van der Waals surface area contributed by atoms with Gasteiger partial charge in [0, 0.05) is 6.54 Å². The number of hydrogen-bond donors (Lipinski definition) is 2. The standard InChI is InChI=1S/C13H12ClFN6/c1-2-5-17-12-19-11(14)20-13(21-12)18-10-4-3-9(15)6-8(10)7-16/h3-4,6H,2,5H2,1H3,(H2,17,18,19,20,21). The van der Waals surface area contributed by atoms with Crippen LogP contribution >= 0.6 is 11.6 Å². The van der Waals surface area contributed by atoms with Gasteiger partial charge in [-0.3, -0.25) is 0 Å². The van der Waals surface area contributed by atoms with Crippen LogP contribution in [0, 0.1) is 17.1 Å². The Kier molecular flexibility index (Phi) is 4.85. The summed E-state index contributed by atoms with van der Waals surface area (Å²) < 4.78 is 13.1. The van der Waals surface area contributed by atoms with E-state index in [1.807, 2.05) is 13.0 Å². The Morgan fingerprint density at radius 2 is 2.05 bits per heavy atom. The van der Waals surface area contributed by atoms with Gasteiger partial charge in [0.2, 0.25) is 17.2 Å². The van der Waals surface area contributed by atoms with E-state index in [0.29, 0.717) is 18.2 Å². The molecule has 1 aromatic carbocycles. The van der Waals surface area contributed by atoms with Crippen molar-refractivity contribution in [3.05, 3.63) is 34.9 Å². The number of nitriles is 1. The Balaban J connectivity index is 2.27. The van der Waals surface area contributed by atoms with Crippen molar-refractivity contribution in [1.29, 1.82) is 5.26 Å². The summed E-state index contributed by atoms with van der Waals surface area (Å²) in [5.41, 5.74) is 0.539. The minimum Gasteiger partial charge on any atom is -0.354 e. The first-order valence-electron chi connectivity index (χ1n) is 6.24. The van der Waals surface area contributed by atoms with Crippen LogP contribution in [0.5, 0.6) is 0 Å². The predicted octanol–water partition coefficient (Wildman–Crippen LogP) is 3.10. The maximum absolute atomic E-state index is 13.1. The van der Waals surface area contributed by atoms with Crippen LogP contribution in [-0.2, 0) is 0 Å². The van der Waals surface area contributed by atoms with Crippen LogP contribution < -0.4 is 10.6 Å². The molecule has 0 aliphatic carbocycles. The summed E-state index contributed by atoms with van der Waals surface area (Å²) in [6.07, 6.45) is 0.905. The van der Waals surface area contributed by atoms with Crippen molar-refractivity contribution in [3.63, 3.8) is 0 Å². The van der Waals surface area contributed by atoms with Crippen molar-refractivity contribution >= 4 is 29.2 Å². The van der Waals surface area contributed by atoms with E-state index in [4.69, 9.17) is 16.9 Å². The normalized spacial score (nSPS) is 10.0. The third-order valence-electron chi connectivity index (χ3n) is 2.49. The lowest BCUT2D eigenvalue weighted by molar-refractivity contribution is 0.627. The molecule has 108 valence electrons. The molecule has 0 spiro atoms. The van der Waals surface area contributed by atoms with E-state index in [1.165, 1.54) is 12.1 Å². The van der Waals surface area contributed by atoms with Crippen LogP contribution in [0.2, 0.25) is 5.28 Å². The summed E-state index contributed by atoms with van der Waals surface area (Å²) >= 11 is 5.83. The Labute approximate surface area is 126 Å². The van der Waals surface area contributed by atoms with Gasteiger partial charge in [-0.15, -0.1) is 0 Å². The first-order valence-corrected chi connectivity index (χ1v) is 6.62. The van der Waals surface area contributed by atoms with Crippen LogP contribution in [0.25, 0.3) is 0 Å². The maximum Gasteiger partial charge on any atom is 0.233 e. The van der Waals surface area contributed by atoms with Gasteiger partial charge in [0.1, 0.15) is 11.9 Å². The third-order valence-corrected chi connectivity index (χ3v) is 2.66. The van der Waals surface area contributed by atoms with E-state index in [1.54, 1.807) is 0 Å². The van der Waals surface area contributed by atoms with E-state index >= 15 is 0 Å². The molecule has 21 heavy (non-hydrogen) atoms. The summed E-state index contributed by atoms with van der Waals surface area (Å²) in [6, 6.07) is 5.70. The highest BCUT2D eigenvalue weighted by molar-refractivity contribution is 6.28. The zero-order valence-corrected chi connectivity index (χ0v) is 11.9. The first kappa shape index (κ1) is 14.9. The topological polar surface area (TPSA) is 86.5 Å². The van der Waals surface area contributed by atoms with Gasteiger partial charge in [-0.1, -0.05) is 6.92 Å². The van der Waals surface area contributed by atoms with E-state index in [0.717, 1.165) is 12.5 Å². The van der Waals surface area contributed by atoms with Crippen LogP contribution in [0.3, 0.4) is 0 Å². The quantitative estimate of drug-likeness (QED) is 0.882. The lowest BCUT2D eigenvalue weighted by atomic mass is 10.2. The molecule has 2 rings (SSSR count). The number of aromatic nitrogens is 3. The average molecular weight is 307 g/mol. The average Bonchev–Trinajstić information content (AvgIpc) is 2.46. The predicted molar refractivity (Wildman–Crippen MR) is 78.0 cm³/mol. The van der Waals surface area contributed by atoms with E-state index < -0.39 is 5.82 Å². The fourth-order valence-electron chi connectivity index (χ4n) is 1.56. The van der Waals surface area contributed by atoms with Gasteiger partial charge in [0.15, 0.2) is 0 Å². The molecule has 2 N–H and O–H groups in total. The number of halogens is 2. The lowest BCUT2D eigenvalue weighted by Crippen LogP contribution is -2.08. The Morgan fingerprint density at radius 3 is 2.76 bits per heavy atom. The van der Waals surface area contributed by atoms with Gasteiger partial charge >= 0.3 is 0 Å². The molecule has 0 fully saturated rings. The van der Waals surface area contributed by atoms with Gasteiger partial charge in [0.05, 0.1) is 11.3 Å². The SMILES string of the molecule is CCCNc1nc(Cl)nc(Nc2ccc(F)cc2C#N)n1. The van der Waals surface area contributed by atoms with E-state index in [9.17, 15) is 4.39 Å². The number of nitrogens with zero attached hydrogens (tertiary/aromatic N) is 4. The molecule has 0 saturated carbocycles. The van der Waals surface area contributed by atoms with Crippen molar-refractivity contribution in [2.75, 3.05) is 17.2 Å². The fourth-order valence-corrected chi connectivity index (χ4v) is 1.72. The fraction of sp³-hybridized carbons (Fsp3) is 0.231. The highest BCUT2D eigenvalue weighted by atomic mass is 35.5. The molecule has 1 heterocycles. The molecule has 0 aliphatic heterocycles. The van der Waals surface area contributed by atoms with Gasteiger partial charge in [-0.2, -0.15) is 20.2 Å². The molecule has 1 aromatic heterocycles. The second-order valence-electron chi connectivity index (χ2n) is 4.11. The third kappa shape index (κ3) is 4.00. The number of anilines is 3. The molecular weight excluding hydrogens is 295 g/mol. The number of nitrogens with one attached hydrogen (secondary N) is 2. The van der Waals surface area contributed by atoms with E-state index in [2.05, 4.69) is 25.6 Å². The highest BCUT2D eigenvalue weighted by Crippen LogP contribution is 2.20. The van der Waals surface area contributed by atoms with Gasteiger partial charge in [-0.25, -0.2) is 4.39 Å². The summed E-state index contributed by atoms with van der Waals surface area (Å²) in [7, 11) is 0. The van der Waals surface area contributed by atoms with Gasteiger partial charge < -0.3 is 10.6 Å². The molecule has 8 heteroatoms. The van der Waals surface area contributed by atoms with Crippen LogP contribution in [0.4, 0.5) is 22.0 Å². The Hall–Kier alpha value is -2.46. The maximum atomic E-state index is 13.1. The van der Waals surface area contributed by atoms with Crippen molar-refractivity contribution in [1.82, 2.24) is 15.0 Å². The largest absolute Gasteiger partial charge is 0.354 e. The number of rotatable bonds is 5. The minimum absolute atomic E-state index is 0.0201. The summed E-state index contributed by atoms with van der Waals surface area (Å²) in [5.74, 6) is 0.0211. The zero-order chi connectivity index (χ0) is 15.2. The van der Waals surface area contributed by atoms with E-state index in [-0.39, 0.29) is 16.8 Å². The molecule has 6 nitrogen and oxygen atoms in total. The number of benzene rings is 1. The van der Waals surface area contributed by atoms with Crippen molar-refractivity contribution < 1.29 is 4.39 Å². The first-order chi connectivity index (χ1) is 10.1. The van der Waals surface area contributed by atoms with Crippen LogP contribution in [0.15, 0.2) is 18.2 Å². The Bertz CT molecular complexity index is 685. The second kappa shape index (κ2) is 6.81. The van der Waals surface area contributed by atoms with Gasteiger partial charge in [0.25, 0.3) is 0 Å². The summed E-state index contributed by atoms with van der Waals surface area (Å²) in [5, 5.41) is 14.8. The molecule has 0 radical (unpaired) electrons. The summed E-state index contributed by atoms with van der Waals surface area (Å²) in [4.78, 5) is 12.0. The minimum atomic E-state index is -0.490.